The molecule has 34 heavy (non-hydrogen) atoms. The minimum absolute atomic E-state index is 0.0161. The molecule has 1 aromatic carbocycles. The van der Waals surface area contributed by atoms with E-state index in [9.17, 15) is 18.0 Å². The highest BCUT2D eigenvalue weighted by molar-refractivity contribution is 7.89. The minimum atomic E-state index is -3.62. The van der Waals surface area contributed by atoms with Gasteiger partial charge >= 0.3 is 5.97 Å². The molecule has 1 fully saturated rings. The maximum absolute atomic E-state index is 13.2. The summed E-state index contributed by atoms with van der Waals surface area (Å²) in [7, 11) is -0.270. The monoisotopic (exact) mass is 505 g/mol. The first-order valence-corrected chi connectivity index (χ1v) is 13.9. The Morgan fingerprint density at radius 1 is 1.18 bits per heavy atom. The van der Waals surface area contributed by atoms with Crippen molar-refractivity contribution in [2.45, 2.75) is 56.5 Å². The van der Waals surface area contributed by atoms with E-state index >= 15 is 0 Å². The Morgan fingerprint density at radius 3 is 2.59 bits per heavy atom. The van der Waals surface area contributed by atoms with E-state index in [2.05, 4.69) is 10.2 Å². The van der Waals surface area contributed by atoms with E-state index < -0.39 is 21.9 Å². The van der Waals surface area contributed by atoms with Gasteiger partial charge in [0.2, 0.25) is 10.0 Å². The molecule has 1 N–H and O–H groups in total. The summed E-state index contributed by atoms with van der Waals surface area (Å²) >= 11 is 1.38. The third kappa shape index (κ3) is 4.77. The topological polar surface area (TPSA) is 96.0 Å². The van der Waals surface area contributed by atoms with Gasteiger partial charge in [0.1, 0.15) is 5.00 Å². The van der Waals surface area contributed by atoms with Gasteiger partial charge < -0.3 is 15.0 Å². The normalized spacial score (nSPS) is 19.4. The van der Waals surface area contributed by atoms with Crippen LogP contribution in [0.3, 0.4) is 0 Å². The summed E-state index contributed by atoms with van der Waals surface area (Å²) < 4.78 is 33.0. The van der Waals surface area contributed by atoms with Gasteiger partial charge in [-0.3, -0.25) is 4.79 Å². The number of nitrogens with one attached hydrogen (secondary N) is 1. The van der Waals surface area contributed by atoms with Gasteiger partial charge in [-0.15, -0.1) is 11.3 Å². The van der Waals surface area contributed by atoms with Crippen LogP contribution < -0.4 is 5.32 Å². The summed E-state index contributed by atoms with van der Waals surface area (Å²) in [5, 5.41) is 3.32. The molecule has 0 bridgehead atoms. The van der Waals surface area contributed by atoms with Gasteiger partial charge in [0.25, 0.3) is 5.91 Å². The van der Waals surface area contributed by atoms with Crippen molar-refractivity contribution in [2.24, 2.45) is 0 Å². The number of ether oxygens (including phenoxy) is 1. The zero-order chi connectivity index (χ0) is 24.5. The fraction of sp³-hybridized carbons (Fsp3) is 0.500. The van der Waals surface area contributed by atoms with E-state index in [0.717, 1.165) is 42.7 Å². The molecule has 0 saturated carbocycles. The van der Waals surface area contributed by atoms with E-state index in [1.807, 2.05) is 14.0 Å². The lowest BCUT2D eigenvalue weighted by molar-refractivity contribution is 0.0600. The second-order valence-electron chi connectivity index (χ2n) is 8.84. The highest BCUT2D eigenvalue weighted by Gasteiger charge is 2.33. The van der Waals surface area contributed by atoms with Crippen LogP contribution in [0, 0.1) is 0 Å². The molecule has 0 spiro atoms. The SMILES string of the molecule is CCC1CCCCN1S(=O)(=O)c1ccc(C(=O)Nc2sc3c(c2C(=O)OC)CCN(C)C3)cc1. The van der Waals surface area contributed by atoms with E-state index in [-0.39, 0.29) is 10.9 Å². The molecule has 3 heterocycles. The average molecular weight is 506 g/mol. The van der Waals surface area contributed by atoms with Crippen LogP contribution >= 0.6 is 11.3 Å². The molecule has 1 aromatic heterocycles. The van der Waals surface area contributed by atoms with Crippen LogP contribution in [-0.2, 0) is 27.7 Å². The molecule has 2 aromatic rings. The molecule has 1 unspecified atom stereocenters. The standard InChI is InChI=1S/C24H31N3O5S2/c1-4-17-7-5-6-13-27(17)34(30,31)18-10-8-16(9-11-18)22(28)25-23-21(24(29)32-3)19-12-14-26(2)15-20(19)33-23/h8-11,17H,4-7,12-15H2,1-3H3,(H,25,28). The van der Waals surface area contributed by atoms with Gasteiger partial charge in [0.15, 0.2) is 0 Å². The maximum atomic E-state index is 13.2. The molecule has 2 aliphatic rings. The first-order chi connectivity index (χ1) is 16.3. The Balaban J connectivity index is 1.56. The zero-order valence-corrected chi connectivity index (χ0v) is 21.4. The summed E-state index contributed by atoms with van der Waals surface area (Å²) in [5.41, 5.74) is 1.67. The first kappa shape index (κ1) is 24.8. The number of likely N-dealkylation sites (N-methyl/N-ethyl adjacent to an activating group) is 1. The van der Waals surface area contributed by atoms with E-state index in [0.29, 0.717) is 35.6 Å². The largest absolute Gasteiger partial charge is 0.465 e. The number of esters is 1. The van der Waals surface area contributed by atoms with Gasteiger partial charge in [0, 0.05) is 36.1 Å². The number of thiophene rings is 1. The molecule has 1 amide bonds. The zero-order valence-electron chi connectivity index (χ0n) is 19.8. The Morgan fingerprint density at radius 2 is 1.91 bits per heavy atom. The van der Waals surface area contributed by atoms with Crippen LogP contribution in [0.2, 0.25) is 0 Å². The van der Waals surface area contributed by atoms with Crippen LogP contribution in [0.1, 0.15) is 63.8 Å². The third-order valence-corrected chi connectivity index (χ3v) is 9.73. The smallest absolute Gasteiger partial charge is 0.341 e. The maximum Gasteiger partial charge on any atom is 0.341 e. The van der Waals surface area contributed by atoms with Crippen LogP contribution in [0.25, 0.3) is 0 Å². The number of anilines is 1. The number of carbonyl (C=O) groups is 2. The molecule has 0 aliphatic carbocycles. The van der Waals surface area contributed by atoms with Crippen LogP contribution in [0.15, 0.2) is 29.2 Å². The van der Waals surface area contributed by atoms with Gasteiger partial charge in [0.05, 0.1) is 17.6 Å². The Labute approximate surface area is 204 Å². The molecule has 2 aliphatic heterocycles. The predicted octanol–water partition coefficient (Wildman–Crippen LogP) is 3.73. The average Bonchev–Trinajstić information content (AvgIpc) is 3.20. The lowest BCUT2D eigenvalue weighted by atomic mass is 10.0. The number of rotatable bonds is 6. The van der Waals surface area contributed by atoms with Crippen LogP contribution in [0.5, 0.6) is 0 Å². The lowest BCUT2D eigenvalue weighted by Gasteiger charge is -2.34. The summed E-state index contributed by atoms with van der Waals surface area (Å²) in [4.78, 5) is 28.9. The van der Waals surface area contributed by atoms with Crippen molar-refractivity contribution in [3.63, 3.8) is 0 Å². The Hall–Kier alpha value is -2.27. The van der Waals surface area contributed by atoms with Crippen molar-refractivity contribution in [3.8, 4) is 0 Å². The summed E-state index contributed by atoms with van der Waals surface area (Å²) in [6, 6.07) is 6.03. The lowest BCUT2D eigenvalue weighted by Crippen LogP contribution is -2.43. The van der Waals surface area contributed by atoms with Crippen molar-refractivity contribution in [2.75, 3.05) is 32.6 Å². The summed E-state index contributed by atoms with van der Waals surface area (Å²) in [5.74, 6) is -0.865. The summed E-state index contributed by atoms with van der Waals surface area (Å²) in [6.45, 7) is 4.07. The van der Waals surface area contributed by atoms with Crippen molar-refractivity contribution in [3.05, 3.63) is 45.8 Å². The van der Waals surface area contributed by atoms with E-state index in [1.54, 1.807) is 4.31 Å². The number of fused-ring (bicyclic) bond motifs is 1. The number of nitrogens with zero attached hydrogens (tertiary/aromatic N) is 2. The molecule has 4 rings (SSSR count). The molecule has 0 radical (unpaired) electrons. The van der Waals surface area contributed by atoms with Gasteiger partial charge in [-0.1, -0.05) is 13.3 Å². The number of hydrogen-bond donors (Lipinski definition) is 1. The minimum Gasteiger partial charge on any atom is -0.465 e. The van der Waals surface area contributed by atoms with Gasteiger partial charge in [-0.05, 0) is 62.6 Å². The van der Waals surface area contributed by atoms with Crippen molar-refractivity contribution in [1.29, 1.82) is 0 Å². The van der Waals surface area contributed by atoms with E-state index in [4.69, 9.17) is 4.74 Å². The Bertz CT molecular complexity index is 1170. The van der Waals surface area contributed by atoms with E-state index in [1.165, 1.54) is 42.7 Å². The molecule has 8 nitrogen and oxygen atoms in total. The number of amides is 1. The van der Waals surface area contributed by atoms with Crippen molar-refractivity contribution < 1.29 is 22.7 Å². The summed E-state index contributed by atoms with van der Waals surface area (Å²) in [6.07, 6.45) is 4.27. The highest BCUT2D eigenvalue weighted by Crippen LogP contribution is 2.37. The van der Waals surface area contributed by atoms with Gasteiger partial charge in [-0.2, -0.15) is 4.31 Å². The first-order valence-electron chi connectivity index (χ1n) is 11.6. The molecule has 184 valence electrons. The van der Waals surface area contributed by atoms with Gasteiger partial charge in [-0.25, -0.2) is 13.2 Å². The van der Waals surface area contributed by atoms with Crippen molar-refractivity contribution >= 4 is 38.2 Å². The number of carbonyl (C=O) groups excluding carboxylic acids is 2. The number of methoxy groups -OCH3 is 1. The van der Waals surface area contributed by atoms with Crippen LogP contribution in [0.4, 0.5) is 5.00 Å². The number of benzene rings is 1. The third-order valence-electron chi connectivity index (χ3n) is 6.63. The molecule has 1 saturated heterocycles. The Kier molecular flexibility index (Phi) is 7.42. The van der Waals surface area contributed by atoms with Crippen LogP contribution in [-0.4, -0.2) is 62.8 Å². The fourth-order valence-electron chi connectivity index (χ4n) is 4.72. The second-order valence-corrected chi connectivity index (χ2v) is 11.8. The molecular formula is C24H31N3O5S2. The fourth-order valence-corrected chi connectivity index (χ4v) is 7.80. The second kappa shape index (κ2) is 10.2. The number of piperidine rings is 1. The molecular weight excluding hydrogens is 474 g/mol. The molecule has 10 heteroatoms. The quantitative estimate of drug-likeness (QED) is 0.601. The number of sulfonamides is 1. The predicted molar refractivity (Wildman–Crippen MR) is 132 cm³/mol. The molecule has 1 atom stereocenters. The number of hydrogen-bond acceptors (Lipinski definition) is 7. The highest BCUT2D eigenvalue weighted by atomic mass is 32.2. The van der Waals surface area contributed by atoms with Crippen molar-refractivity contribution in [1.82, 2.24) is 9.21 Å².